The third-order valence-corrected chi connectivity index (χ3v) is 2.34. The number of nitrogens with zero attached hydrogens (tertiary/aromatic N) is 1. The van der Waals surface area contributed by atoms with Gasteiger partial charge in [0.05, 0.1) is 11.8 Å². The smallest absolute Gasteiger partial charge is 0.255 e. The number of carbonyl (C=O) groups is 2. The maximum Gasteiger partial charge on any atom is 0.255 e. The molecule has 0 saturated carbocycles. The molecule has 1 aromatic heterocycles. The normalized spacial score (nSPS) is 12.2. The van der Waals surface area contributed by atoms with Crippen molar-refractivity contribution in [3.8, 4) is 0 Å². The van der Waals surface area contributed by atoms with Gasteiger partial charge in [0.1, 0.15) is 6.04 Å². The monoisotopic (exact) mass is 238 g/mol. The molecule has 0 saturated heterocycles. The second-order valence-electron chi connectivity index (χ2n) is 4.26. The Kier molecular flexibility index (Phi) is 4.68. The molecule has 0 aliphatic carbocycles. The first kappa shape index (κ1) is 13.2. The average Bonchev–Trinajstić information content (AvgIpc) is 2.79. The van der Waals surface area contributed by atoms with Crippen LogP contribution in [0.25, 0.3) is 0 Å². The van der Waals surface area contributed by atoms with Crippen LogP contribution in [0.3, 0.4) is 0 Å². The van der Waals surface area contributed by atoms with Crippen molar-refractivity contribution in [2.45, 2.75) is 26.3 Å². The molecular weight excluding hydrogens is 220 g/mol. The number of aromatic amines is 1. The largest absolute Gasteiger partial charge is 0.357 e. The van der Waals surface area contributed by atoms with E-state index in [4.69, 9.17) is 0 Å². The van der Waals surface area contributed by atoms with Crippen molar-refractivity contribution in [1.82, 2.24) is 20.8 Å². The number of rotatable bonds is 5. The van der Waals surface area contributed by atoms with Gasteiger partial charge in [-0.1, -0.05) is 13.8 Å². The number of hydrogen-bond donors (Lipinski definition) is 3. The van der Waals surface area contributed by atoms with Crippen molar-refractivity contribution in [1.29, 1.82) is 0 Å². The number of hydrogen-bond acceptors (Lipinski definition) is 3. The zero-order chi connectivity index (χ0) is 12.8. The number of nitrogens with one attached hydrogen (secondary N) is 3. The molecule has 1 aromatic rings. The third-order valence-electron chi connectivity index (χ3n) is 2.34. The SMILES string of the molecule is CNC(=O)C(CC(C)C)NC(=O)c1cn[nH]c1. The molecule has 3 N–H and O–H groups in total. The quantitative estimate of drug-likeness (QED) is 0.689. The van der Waals surface area contributed by atoms with Crippen molar-refractivity contribution >= 4 is 11.8 Å². The van der Waals surface area contributed by atoms with Crippen LogP contribution in [0.5, 0.6) is 0 Å². The lowest BCUT2D eigenvalue weighted by atomic mass is 10.0. The number of aromatic nitrogens is 2. The van der Waals surface area contributed by atoms with Crippen LogP contribution < -0.4 is 10.6 Å². The van der Waals surface area contributed by atoms with E-state index in [0.717, 1.165) is 0 Å². The summed E-state index contributed by atoms with van der Waals surface area (Å²) in [5.74, 6) is -0.162. The first-order chi connectivity index (χ1) is 8.04. The molecule has 0 aromatic carbocycles. The molecule has 1 atom stereocenters. The van der Waals surface area contributed by atoms with Crippen molar-refractivity contribution in [2.24, 2.45) is 5.92 Å². The van der Waals surface area contributed by atoms with E-state index in [1.54, 1.807) is 7.05 Å². The minimum atomic E-state index is -0.512. The topological polar surface area (TPSA) is 86.9 Å². The summed E-state index contributed by atoms with van der Waals surface area (Å²) in [6.07, 6.45) is 3.51. The maximum atomic E-state index is 11.8. The van der Waals surface area contributed by atoms with Gasteiger partial charge < -0.3 is 10.6 Å². The molecular formula is C11H18N4O2. The van der Waals surface area contributed by atoms with Crippen LogP contribution in [0.1, 0.15) is 30.6 Å². The van der Waals surface area contributed by atoms with Crippen LogP contribution in [0.4, 0.5) is 0 Å². The summed E-state index contributed by atoms with van der Waals surface area (Å²) in [6.45, 7) is 4.00. The fourth-order valence-corrected chi connectivity index (χ4v) is 1.49. The van der Waals surface area contributed by atoms with E-state index in [1.165, 1.54) is 12.4 Å². The van der Waals surface area contributed by atoms with E-state index < -0.39 is 6.04 Å². The Balaban J connectivity index is 2.66. The lowest BCUT2D eigenvalue weighted by molar-refractivity contribution is -0.122. The van der Waals surface area contributed by atoms with E-state index >= 15 is 0 Å². The van der Waals surface area contributed by atoms with Crippen LogP contribution in [0.2, 0.25) is 0 Å². The number of H-pyrrole nitrogens is 1. The van der Waals surface area contributed by atoms with Gasteiger partial charge in [-0.2, -0.15) is 5.10 Å². The molecule has 6 nitrogen and oxygen atoms in total. The minimum absolute atomic E-state index is 0.185. The van der Waals surface area contributed by atoms with Crippen LogP contribution in [-0.2, 0) is 4.79 Å². The molecule has 1 heterocycles. The summed E-state index contributed by atoms with van der Waals surface area (Å²) in [6, 6.07) is -0.512. The molecule has 0 spiro atoms. The van der Waals surface area contributed by atoms with E-state index in [0.29, 0.717) is 17.9 Å². The molecule has 6 heteroatoms. The Morgan fingerprint density at radius 3 is 2.65 bits per heavy atom. The van der Waals surface area contributed by atoms with Crippen LogP contribution in [0, 0.1) is 5.92 Å². The van der Waals surface area contributed by atoms with Gasteiger partial charge in [-0.25, -0.2) is 0 Å². The fourth-order valence-electron chi connectivity index (χ4n) is 1.49. The summed E-state index contributed by atoms with van der Waals surface area (Å²) in [4.78, 5) is 23.4. The second-order valence-corrected chi connectivity index (χ2v) is 4.26. The van der Waals surface area contributed by atoms with E-state index in [2.05, 4.69) is 20.8 Å². The summed E-state index contributed by atoms with van der Waals surface area (Å²) in [5, 5.41) is 11.5. The summed E-state index contributed by atoms with van der Waals surface area (Å²) in [5.41, 5.74) is 0.419. The average molecular weight is 238 g/mol. The molecule has 0 bridgehead atoms. The van der Waals surface area contributed by atoms with Gasteiger partial charge in [-0.15, -0.1) is 0 Å². The third kappa shape index (κ3) is 3.90. The van der Waals surface area contributed by atoms with Gasteiger partial charge in [0.15, 0.2) is 0 Å². The van der Waals surface area contributed by atoms with E-state index in [9.17, 15) is 9.59 Å². The van der Waals surface area contributed by atoms with Gasteiger partial charge in [0.2, 0.25) is 5.91 Å². The lowest BCUT2D eigenvalue weighted by Gasteiger charge is -2.18. The van der Waals surface area contributed by atoms with Crippen LogP contribution >= 0.6 is 0 Å². The Bertz CT molecular complexity index is 373. The number of amides is 2. The van der Waals surface area contributed by atoms with Gasteiger partial charge >= 0.3 is 0 Å². The van der Waals surface area contributed by atoms with Crippen molar-refractivity contribution < 1.29 is 9.59 Å². The number of likely N-dealkylation sites (N-methyl/N-ethyl adjacent to an activating group) is 1. The summed E-state index contributed by atoms with van der Waals surface area (Å²) >= 11 is 0. The summed E-state index contributed by atoms with van der Waals surface area (Å²) in [7, 11) is 1.56. The van der Waals surface area contributed by atoms with E-state index in [-0.39, 0.29) is 11.8 Å². The predicted octanol–water partition coefficient (Wildman–Crippen LogP) is 0.300. The molecule has 0 aliphatic heterocycles. The predicted molar refractivity (Wildman–Crippen MR) is 63.4 cm³/mol. The summed E-state index contributed by atoms with van der Waals surface area (Å²) < 4.78 is 0. The maximum absolute atomic E-state index is 11.8. The van der Waals surface area contributed by atoms with Crippen molar-refractivity contribution in [2.75, 3.05) is 7.05 Å². The Morgan fingerprint density at radius 1 is 1.47 bits per heavy atom. The molecule has 0 radical (unpaired) electrons. The highest BCUT2D eigenvalue weighted by Gasteiger charge is 2.21. The van der Waals surface area contributed by atoms with Crippen LogP contribution in [-0.4, -0.2) is 35.1 Å². The molecule has 1 rings (SSSR count). The van der Waals surface area contributed by atoms with Gasteiger partial charge in [0, 0.05) is 13.2 Å². The van der Waals surface area contributed by atoms with Gasteiger partial charge in [-0.05, 0) is 12.3 Å². The van der Waals surface area contributed by atoms with E-state index in [1.807, 2.05) is 13.8 Å². The molecule has 1 unspecified atom stereocenters. The highest BCUT2D eigenvalue weighted by molar-refractivity contribution is 5.97. The Hall–Kier alpha value is -1.85. The fraction of sp³-hybridized carbons (Fsp3) is 0.545. The van der Waals surface area contributed by atoms with Crippen molar-refractivity contribution in [3.05, 3.63) is 18.0 Å². The Morgan fingerprint density at radius 2 is 2.18 bits per heavy atom. The highest BCUT2D eigenvalue weighted by Crippen LogP contribution is 2.06. The van der Waals surface area contributed by atoms with Crippen molar-refractivity contribution in [3.63, 3.8) is 0 Å². The van der Waals surface area contributed by atoms with Gasteiger partial charge in [0.25, 0.3) is 5.91 Å². The van der Waals surface area contributed by atoms with Crippen LogP contribution in [0.15, 0.2) is 12.4 Å². The molecule has 0 aliphatic rings. The molecule has 17 heavy (non-hydrogen) atoms. The number of carbonyl (C=O) groups excluding carboxylic acids is 2. The molecule has 2 amide bonds. The zero-order valence-electron chi connectivity index (χ0n) is 10.3. The lowest BCUT2D eigenvalue weighted by Crippen LogP contribution is -2.46. The first-order valence-electron chi connectivity index (χ1n) is 5.55. The molecule has 0 fully saturated rings. The van der Waals surface area contributed by atoms with Gasteiger partial charge in [-0.3, -0.25) is 14.7 Å². The second kappa shape index (κ2) is 6.03. The first-order valence-corrected chi connectivity index (χ1v) is 5.55. The highest BCUT2D eigenvalue weighted by atomic mass is 16.2. The molecule has 94 valence electrons. The Labute approximate surface area is 100 Å². The zero-order valence-corrected chi connectivity index (χ0v) is 10.3. The minimum Gasteiger partial charge on any atom is -0.357 e. The standard InChI is InChI=1S/C11H18N4O2/c1-7(2)4-9(11(17)12-3)15-10(16)8-5-13-14-6-8/h5-7,9H,4H2,1-3H3,(H,12,17)(H,13,14)(H,15,16).